The molecule has 1 N–H and O–H groups in total. The lowest BCUT2D eigenvalue weighted by Crippen LogP contribution is -2.30. The lowest BCUT2D eigenvalue weighted by Gasteiger charge is -2.29. The van der Waals surface area contributed by atoms with Gasteiger partial charge in [0.2, 0.25) is 0 Å². The van der Waals surface area contributed by atoms with Crippen LogP contribution in [0.5, 0.6) is 0 Å². The van der Waals surface area contributed by atoms with Crippen molar-refractivity contribution in [1.29, 1.82) is 0 Å². The Morgan fingerprint density at radius 1 is 1.35 bits per heavy atom. The van der Waals surface area contributed by atoms with E-state index in [1.807, 2.05) is 12.3 Å². The number of nitrogens with zero attached hydrogens (tertiary/aromatic N) is 2. The van der Waals surface area contributed by atoms with Crippen LogP contribution in [0.2, 0.25) is 5.15 Å². The molecule has 1 fully saturated rings. The van der Waals surface area contributed by atoms with E-state index >= 15 is 0 Å². The van der Waals surface area contributed by atoms with Gasteiger partial charge in [-0.05, 0) is 25.0 Å². The van der Waals surface area contributed by atoms with Gasteiger partial charge in [0.25, 0.3) is 0 Å². The number of rotatable bonds is 3. The van der Waals surface area contributed by atoms with Crippen molar-refractivity contribution in [2.24, 2.45) is 5.92 Å². The summed E-state index contributed by atoms with van der Waals surface area (Å²) in [5, 5.41) is 4.73. The second-order valence-corrected chi connectivity index (χ2v) is 5.74. The van der Waals surface area contributed by atoms with E-state index in [0.29, 0.717) is 17.1 Å². The predicted octanol–water partition coefficient (Wildman–Crippen LogP) is 3.84. The topological polar surface area (TPSA) is 37.8 Å². The maximum absolute atomic E-state index is 5.98. The Labute approximate surface area is 112 Å². The molecule has 0 saturated heterocycles. The van der Waals surface area contributed by atoms with Crippen LogP contribution in [0.4, 0.5) is 5.82 Å². The van der Waals surface area contributed by atoms with E-state index in [-0.39, 0.29) is 0 Å². The van der Waals surface area contributed by atoms with Gasteiger partial charge in [-0.25, -0.2) is 9.97 Å². The van der Waals surface area contributed by atoms with Crippen molar-refractivity contribution in [3.8, 4) is 0 Å². The van der Waals surface area contributed by atoms with E-state index in [9.17, 15) is 0 Å². The van der Waals surface area contributed by atoms with Gasteiger partial charge in [-0.3, -0.25) is 0 Å². The first kappa shape index (κ1) is 13.0. The van der Waals surface area contributed by atoms with Crippen LogP contribution < -0.4 is 5.32 Å². The number of anilines is 1. The van der Waals surface area contributed by atoms with Crippen LogP contribution in [0.15, 0.2) is 11.2 Å². The van der Waals surface area contributed by atoms with E-state index in [0.717, 1.165) is 11.0 Å². The molecule has 1 aromatic rings. The van der Waals surface area contributed by atoms with Gasteiger partial charge in [-0.1, -0.05) is 43.1 Å². The fourth-order valence-corrected chi connectivity index (χ4v) is 2.90. The molecule has 1 aliphatic carbocycles. The minimum absolute atomic E-state index is 0.510. The van der Waals surface area contributed by atoms with Crippen LogP contribution in [0.3, 0.4) is 0 Å². The maximum Gasteiger partial charge on any atom is 0.190 e. The highest BCUT2D eigenvalue weighted by Crippen LogP contribution is 2.27. The van der Waals surface area contributed by atoms with Crippen molar-refractivity contribution < 1.29 is 0 Å². The molecule has 3 nitrogen and oxygen atoms in total. The van der Waals surface area contributed by atoms with Gasteiger partial charge in [0.15, 0.2) is 5.16 Å². The summed E-state index contributed by atoms with van der Waals surface area (Å²) in [6.45, 7) is 2.30. The standard InChI is InChI=1S/C12H18ClN3S/c1-8-5-3-4-6-9(8)14-11-7-10(13)15-12(16-11)17-2/h7-9H,3-6H2,1-2H3,(H,14,15,16). The quantitative estimate of drug-likeness (QED) is 0.515. The minimum Gasteiger partial charge on any atom is -0.367 e. The largest absolute Gasteiger partial charge is 0.367 e. The van der Waals surface area contributed by atoms with Gasteiger partial charge in [-0.15, -0.1) is 0 Å². The maximum atomic E-state index is 5.98. The molecule has 0 radical (unpaired) electrons. The molecule has 2 atom stereocenters. The monoisotopic (exact) mass is 271 g/mol. The molecular formula is C12H18ClN3S. The first-order chi connectivity index (χ1) is 8.19. The summed E-state index contributed by atoms with van der Waals surface area (Å²) >= 11 is 7.49. The molecular weight excluding hydrogens is 254 g/mol. The van der Waals surface area contributed by atoms with Crippen LogP contribution in [0, 0.1) is 5.92 Å². The summed E-state index contributed by atoms with van der Waals surface area (Å²) in [5.74, 6) is 1.56. The molecule has 2 rings (SSSR count). The lowest BCUT2D eigenvalue weighted by molar-refractivity contribution is 0.349. The zero-order valence-corrected chi connectivity index (χ0v) is 11.8. The molecule has 1 saturated carbocycles. The van der Waals surface area contributed by atoms with E-state index < -0.39 is 0 Å². The molecule has 1 aliphatic rings. The number of hydrogen-bond donors (Lipinski definition) is 1. The fourth-order valence-electron chi connectivity index (χ4n) is 2.28. The summed E-state index contributed by atoms with van der Waals surface area (Å²) in [5.41, 5.74) is 0. The van der Waals surface area contributed by atoms with Gasteiger partial charge in [0.05, 0.1) is 0 Å². The summed E-state index contributed by atoms with van der Waals surface area (Å²) in [4.78, 5) is 8.58. The second kappa shape index (κ2) is 5.91. The smallest absolute Gasteiger partial charge is 0.190 e. The number of nitrogens with one attached hydrogen (secondary N) is 1. The highest BCUT2D eigenvalue weighted by molar-refractivity contribution is 7.98. The SMILES string of the molecule is CSc1nc(Cl)cc(NC2CCCCC2C)n1. The number of thioether (sulfide) groups is 1. The molecule has 0 aliphatic heterocycles. The van der Waals surface area contributed by atoms with Crippen molar-refractivity contribution in [2.45, 2.75) is 43.8 Å². The normalized spacial score (nSPS) is 24.6. The number of halogens is 1. The molecule has 0 spiro atoms. The third-order valence-electron chi connectivity index (χ3n) is 3.30. The van der Waals surface area contributed by atoms with E-state index in [4.69, 9.17) is 11.6 Å². The zero-order chi connectivity index (χ0) is 12.3. The zero-order valence-electron chi connectivity index (χ0n) is 10.2. The lowest BCUT2D eigenvalue weighted by atomic mass is 9.86. The van der Waals surface area contributed by atoms with Crippen LogP contribution in [-0.2, 0) is 0 Å². The van der Waals surface area contributed by atoms with E-state index in [2.05, 4.69) is 22.2 Å². The van der Waals surface area contributed by atoms with Crippen LogP contribution in [0.25, 0.3) is 0 Å². The summed E-state index contributed by atoms with van der Waals surface area (Å²) < 4.78 is 0. The molecule has 5 heteroatoms. The van der Waals surface area contributed by atoms with Crippen molar-refractivity contribution >= 4 is 29.2 Å². The Kier molecular flexibility index (Phi) is 4.51. The van der Waals surface area contributed by atoms with Gasteiger partial charge in [0.1, 0.15) is 11.0 Å². The molecule has 1 aromatic heterocycles. The van der Waals surface area contributed by atoms with Crippen molar-refractivity contribution in [3.05, 3.63) is 11.2 Å². The molecule has 1 heterocycles. The first-order valence-electron chi connectivity index (χ1n) is 6.04. The first-order valence-corrected chi connectivity index (χ1v) is 7.64. The third kappa shape index (κ3) is 3.49. The summed E-state index contributed by atoms with van der Waals surface area (Å²) in [7, 11) is 0. The third-order valence-corrected chi connectivity index (χ3v) is 4.04. The molecule has 0 amide bonds. The molecule has 94 valence electrons. The van der Waals surface area contributed by atoms with Crippen LogP contribution >= 0.6 is 23.4 Å². The average Bonchev–Trinajstić information content (AvgIpc) is 2.31. The van der Waals surface area contributed by atoms with Gasteiger partial charge < -0.3 is 5.32 Å². The van der Waals surface area contributed by atoms with Crippen LogP contribution in [-0.4, -0.2) is 22.3 Å². The fraction of sp³-hybridized carbons (Fsp3) is 0.667. The Bertz CT molecular complexity index is 386. The molecule has 0 bridgehead atoms. The van der Waals surface area contributed by atoms with Crippen LogP contribution in [0.1, 0.15) is 32.6 Å². The van der Waals surface area contributed by atoms with Gasteiger partial charge in [0, 0.05) is 12.1 Å². The predicted molar refractivity (Wildman–Crippen MR) is 73.9 cm³/mol. The molecule has 0 aromatic carbocycles. The number of hydrogen-bond acceptors (Lipinski definition) is 4. The van der Waals surface area contributed by atoms with Crippen molar-refractivity contribution in [2.75, 3.05) is 11.6 Å². The van der Waals surface area contributed by atoms with E-state index in [1.54, 1.807) is 0 Å². The Hall–Kier alpha value is -0.480. The molecule has 17 heavy (non-hydrogen) atoms. The highest BCUT2D eigenvalue weighted by atomic mass is 35.5. The minimum atomic E-state index is 0.510. The second-order valence-electron chi connectivity index (χ2n) is 4.58. The van der Waals surface area contributed by atoms with Crippen molar-refractivity contribution in [3.63, 3.8) is 0 Å². The Balaban J connectivity index is 2.09. The Morgan fingerprint density at radius 3 is 2.82 bits per heavy atom. The molecule has 2 unspecified atom stereocenters. The summed E-state index contributed by atoms with van der Waals surface area (Å²) in [6, 6.07) is 2.33. The van der Waals surface area contributed by atoms with Gasteiger partial charge >= 0.3 is 0 Å². The number of aromatic nitrogens is 2. The van der Waals surface area contributed by atoms with Crippen molar-refractivity contribution in [1.82, 2.24) is 9.97 Å². The summed E-state index contributed by atoms with van der Waals surface area (Å²) in [6.07, 6.45) is 7.12. The Morgan fingerprint density at radius 2 is 2.12 bits per heavy atom. The van der Waals surface area contributed by atoms with E-state index in [1.165, 1.54) is 37.4 Å². The highest BCUT2D eigenvalue weighted by Gasteiger charge is 2.21. The van der Waals surface area contributed by atoms with Gasteiger partial charge in [-0.2, -0.15) is 0 Å². The average molecular weight is 272 g/mol.